The van der Waals surface area contributed by atoms with E-state index in [9.17, 15) is 4.79 Å². The Hall–Kier alpha value is -1.22. The number of rotatable bonds is 2. The highest BCUT2D eigenvalue weighted by atomic mass is 35.5. The third kappa shape index (κ3) is 2.46. The van der Waals surface area contributed by atoms with Crippen LogP contribution in [0.2, 0.25) is 5.02 Å². The third-order valence-electron chi connectivity index (χ3n) is 3.55. The summed E-state index contributed by atoms with van der Waals surface area (Å²) in [5, 5.41) is 0.439. The number of nitrogens with two attached hydrogens (primary N) is 1. The molecule has 1 saturated heterocycles. The van der Waals surface area contributed by atoms with Crippen molar-refractivity contribution in [1.29, 1.82) is 0 Å². The summed E-state index contributed by atoms with van der Waals surface area (Å²) in [4.78, 5) is 14.4. The van der Waals surface area contributed by atoms with Crippen molar-refractivity contribution < 1.29 is 4.79 Å². The lowest BCUT2D eigenvalue weighted by Crippen LogP contribution is -2.38. The molecule has 4 heteroatoms. The molecule has 2 rings (SSSR count). The van der Waals surface area contributed by atoms with Crippen LogP contribution in [0, 0.1) is 5.92 Å². The van der Waals surface area contributed by atoms with Crippen LogP contribution in [0.25, 0.3) is 0 Å². The Balaban J connectivity index is 2.25. The number of halogens is 1. The monoisotopic (exact) mass is 266 g/mol. The molecule has 0 aromatic heterocycles. The van der Waals surface area contributed by atoms with Crippen molar-refractivity contribution in [3.05, 3.63) is 28.8 Å². The molecular weight excluding hydrogens is 248 g/mol. The van der Waals surface area contributed by atoms with E-state index < -0.39 is 0 Å². The summed E-state index contributed by atoms with van der Waals surface area (Å²) in [5.74, 6) is 0.500. The van der Waals surface area contributed by atoms with Crippen LogP contribution in [0.1, 0.15) is 37.0 Å². The van der Waals surface area contributed by atoms with E-state index in [0.717, 1.165) is 19.4 Å². The van der Waals surface area contributed by atoms with Gasteiger partial charge in [0.1, 0.15) is 0 Å². The summed E-state index contributed by atoms with van der Waals surface area (Å²) < 4.78 is 0. The fourth-order valence-electron chi connectivity index (χ4n) is 2.60. The van der Waals surface area contributed by atoms with Crippen molar-refractivity contribution in [3.63, 3.8) is 0 Å². The minimum atomic E-state index is 0.0243. The standard InChI is InChI=1S/C14H19ClN2O/c1-9(2)13-4-3-7-17(13)14(18)11-6-5-10(16)8-12(11)15/h5-6,8-9,13H,3-4,7,16H2,1-2H3. The average Bonchev–Trinajstić information content (AvgIpc) is 2.77. The molecule has 1 atom stereocenters. The van der Waals surface area contributed by atoms with Gasteiger partial charge < -0.3 is 10.6 Å². The number of carbonyl (C=O) groups excluding carboxylic acids is 1. The number of benzene rings is 1. The van der Waals surface area contributed by atoms with Crippen molar-refractivity contribution >= 4 is 23.2 Å². The van der Waals surface area contributed by atoms with E-state index in [4.69, 9.17) is 17.3 Å². The molecule has 0 spiro atoms. The lowest BCUT2D eigenvalue weighted by Gasteiger charge is -2.28. The Kier molecular flexibility index (Phi) is 3.81. The van der Waals surface area contributed by atoms with Crippen molar-refractivity contribution in [1.82, 2.24) is 4.90 Å². The van der Waals surface area contributed by atoms with Crippen LogP contribution in [-0.4, -0.2) is 23.4 Å². The van der Waals surface area contributed by atoms with Gasteiger partial charge in [-0.15, -0.1) is 0 Å². The Morgan fingerprint density at radius 2 is 2.22 bits per heavy atom. The summed E-state index contributed by atoms with van der Waals surface area (Å²) in [6.45, 7) is 5.13. The molecule has 98 valence electrons. The van der Waals surface area contributed by atoms with Crippen molar-refractivity contribution in [2.24, 2.45) is 5.92 Å². The smallest absolute Gasteiger partial charge is 0.255 e. The molecule has 1 aromatic carbocycles. The SMILES string of the molecule is CC(C)C1CCCN1C(=O)c1ccc(N)cc1Cl. The predicted octanol–water partition coefficient (Wildman–Crippen LogP) is 3.18. The van der Waals surface area contributed by atoms with Crippen LogP contribution in [0.15, 0.2) is 18.2 Å². The molecule has 0 aliphatic carbocycles. The first kappa shape index (κ1) is 13.2. The highest BCUT2D eigenvalue weighted by molar-refractivity contribution is 6.34. The number of hydrogen-bond acceptors (Lipinski definition) is 2. The van der Waals surface area contributed by atoms with Gasteiger partial charge in [-0.3, -0.25) is 4.79 Å². The van der Waals surface area contributed by atoms with Gasteiger partial charge >= 0.3 is 0 Å². The van der Waals surface area contributed by atoms with Crippen LogP contribution in [-0.2, 0) is 0 Å². The Morgan fingerprint density at radius 1 is 1.50 bits per heavy atom. The van der Waals surface area contributed by atoms with E-state index in [1.165, 1.54) is 0 Å². The lowest BCUT2D eigenvalue weighted by atomic mass is 10.0. The van der Waals surface area contributed by atoms with Gasteiger partial charge in [0.25, 0.3) is 5.91 Å². The molecule has 18 heavy (non-hydrogen) atoms. The highest BCUT2D eigenvalue weighted by Gasteiger charge is 2.32. The van der Waals surface area contributed by atoms with E-state index in [1.807, 2.05) is 4.90 Å². The second-order valence-corrected chi connectivity index (χ2v) is 5.60. The van der Waals surface area contributed by atoms with E-state index in [0.29, 0.717) is 28.2 Å². The first-order chi connectivity index (χ1) is 8.50. The van der Waals surface area contributed by atoms with Gasteiger partial charge in [-0.1, -0.05) is 25.4 Å². The Labute approximate surface area is 113 Å². The maximum atomic E-state index is 12.5. The molecule has 1 aliphatic rings. The number of anilines is 1. The number of hydrogen-bond donors (Lipinski definition) is 1. The molecular formula is C14H19ClN2O. The van der Waals surface area contributed by atoms with Gasteiger partial charge in [0, 0.05) is 18.3 Å². The summed E-state index contributed by atoms with van der Waals surface area (Å²) >= 11 is 6.10. The number of likely N-dealkylation sites (tertiary alicyclic amines) is 1. The number of nitrogen functional groups attached to an aromatic ring is 1. The van der Waals surface area contributed by atoms with E-state index in [2.05, 4.69) is 13.8 Å². The molecule has 1 amide bonds. The second kappa shape index (κ2) is 5.19. The van der Waals surface area contributed by atoms with Crippen LogP contribution in [0.5, 0.6) is 0 Å². The second-order valence-electron chi connectivity index (χ2n) is 5.19. The van der Waals surface area contributed by atoms with Gasteiger partial charge in [0.2, 0.25) is 0 Å². The van der Waals surface area contributed by atoms with Gasteiger partial charge in [0.15, 0.2) is 0 Å². The molecule has 2 N–H and O–H groups in total. The molecule has 0 radical (unpaired) electrons. The normalized spacial score (nSPS) is 19.6. The fourth-order valence-corrected chi connectivity index (χ4v) is 2.87. The fraction of sp³-hybridized carbons (Fsp3) is 0.500. The van der Waals surface area contributed by atoms with Crippen molar-refractivity contribution in [2.45, 2.75) is 32.7 Å². The molecule has 1 fully saturated rings. The minimum Gasteiger partial charge on any atom is -0.399 e. The lowest BCUT2D eigenvalue weighted by molar-refractivity contribution is 0.0702. The summed E-state index contributed by atoms with van der Waals surface area (Å²) in [5.41, 5.74) is 6.78. The van der Waals surface area contributed by atoms with Gasteiger partial charge in [0.05, 0.1) is 10.6 Å². The number of carbonyl (C=O) groups is 1. The van der Waals surface area contributed by atoms with Crippen molar-refractivity contribution in [2.75, 3.05) is 12.3 Å². The van der Waals surface area contributed by atoms with Gasteiger partial charge in [-0.25, -0.2) is 0 Å². The zero-order valence-electron chi connectivity index (χ0n) is 10.8. The molecule has 1 aromatic rings. The first-order valence-electron chi connectivity index (χ1n) is 6.36. The number of nitrogens with zero attached hydrogens (tertiary/aromatic N) is 1. The minimum absolute atomic E-state index is 0.0243. The largest absolute Gasteiger partial charge is 0.399 e. The average molecular weight is 267 g/mol. The maximum Gasteiger partial charge on any atom is 0.255 e. The van der Waals surface area contributed by atoms with Crippen LogP contribution < -0.4 is 5.73 Å². The summed E-state index contributed by atoms with van der Waals surface area (Å²) in [6, 6.07) is 5.40. The molecule has 0 saturated carbocycles. The molecule has 1 heterocycles. The molecule has 1 unspecified atom stereocenters. The Bertz CT molecular complexity index is 459. The highest BCUT2D eigenvalue weighted by Crippen LogP contribution is 2.28. The summed E-state index contributed by atoms with van der Waals surface area (Å²) in [6.07, 6.45) is 2.15. The third-order valence-corrected chi connectivity index (χ3v) is 3.87. The Morgan fingerprint density at radius 3 is 2.83 bits per heavy atom. The van der Waals surface area contributed by atoms with Crippen molar-refractivity contribution in [3.8, 4) is 0 Å². The topological polar surface area (TPSA) is 46.3 Å². The maximum absolute atomic E-state index is 12.5. The molecule has 3 nitrogen and oxygen atoms in total. The van der Waals surface area contributed by atoms with E-state index in [1.54, 1.807) is 18.2 Å². The van der Waals surface area contributed by atoms with Gasteiger partial charge in [-0.05, 0) is 37.0 Å². The molecule has 0 bridgehead atoms. The zero-order valence-corrected chi connectivity index (χ0v) is 11.6. The quantitative estimate of drug-likeness (QED) is 0.836. The first-order valence-corrected chi connectivity index (χ1v) is 6.74. The zero-order chi connectivity index (χ0) is 13.3. The number of amides is 1. The molecule has 1 aliphatic heterocycles. The van der Waals surface area contributed by atoms with Crippen LogP contribution >= 0.6 is 11.6 Å². The van der Waals surface area contributed by atoms with Gasteiger partial charge in [-0.2, -0.15) is 0 Å². The summed E-state index contributed by atoms with van der Waals surface area (Å²) in [7, 11) is 0. The predicted molar refractivity (Wildman–Crippen MR) is 74.8 cm³/mol. The van der Waals surface area contributed by atoms with E-state index >= 15 is 0 Å². The van der Waals surface area contributed by atoms with E-state index in [-0.39, 0.29) is 5.91 Å². The van der Waals surface area contributed by atoms with Crippen LogP contribution in [0.4, 0.5) is 5.69 Å². The van der Waals surface area contributed by atoms with Crippen LogP contribution in [0.3, 0.4) is 0 Å².